The van der Waals surface area contributed by atoms with Crippen molar-refractivity contribution in [3.63, 3.8) is 0 Å². The number of fused-ring (bicyclic) bond motifs is 3. The van der Waals surface area contributed by atoms with E-state index in [2.05, 4.69) is 55.1 Å². The topological polar surface area (TPSA) is 58.2 Å². The van der Waals surface area contributed by atoms with Crippen molar-refractivity contribution < 1.29 is 8.42 Å². The van der Waals surface area contributed by atoms with Crippen molar-refractivity contribution in [3.05, 3.63) is 70.3 Å². The number of hydrogen-bond donors (Lipinski definition) is 2. The van der Waals surface area contributed by atoms with Crippen LogP contribution in [0, 0.1) is 26.7 Å². The molecule has 0 saturated heterocycles. The first kappa shape index (κ1) is 21.1. The highest BCUT2D eigenvalue weighted by molar-refractivity contribution is 7.89. The molecule has 5 heteroatoms. The van der Waals surface area contributed by atoms with Gasteiger partial charge in [0, 0.05) is 17.6 Å². The monoisotopic (exact) mass is 424 g/mol. The molecule has 0 bridgehead atoms. The summed E-state index contributed by atoms with van der Waals surface area (Å²) in [5.41, 5.74) is 7.41. The molecule has 30 heavy (non-hydrogen) atoms. The van der Waals surface area contributed by atoms with Gasteiger partial charge in [-0.05, 0) is 86.9 Å². The van der Waals surface area contributed by atoms with E-state index in [1.165, 1.54) is 22.3 Å². The molecule has 1 heterocycles. The summed E-state index contributed by atoms with van der Waals surface area (Å²) < 4.78 is 28.5. The third-order valence-electron chi connectivity index (χ3n) is 6.66. The van der Waals surface area contributed by atoms with E-state index in [-0.39, 0.29) is 18.0 Å². The van der Waals surface area contributed by atoms with Crippen LogP contribution in [0.25, 0.3) is 0 Å². The fraction of sp³-hybridized carbons (Fsp3) is 0.440. The van der Waals surface area contributed by atoms with Gasteiger partial charge >= 0.3 is 0 Å². The molecule has 0 saturated carbocycles. The van der Waals surface area contributed by atoms with Gasteiger partial charge in [0.15, 0.2) is 0 Å². The summed E-state index contributed by atoms with van der Waals surface area (Å²) in [5.74, 6) is 0.614. The minimum atomic E-state index is -3.52. The maximum atomic E-state index is 12.8. The van der Waals surface area contributed by atoms with E-state index in [0.29, 0.717) is 10.8 Å². The van der Waals surface area contributed by atoms with Gasteiger partial charge in [0.2, 0.25) is 10.0 Å². The van der Waals surface area contributed by atoms with Gasteiger partial charge in [0.05, 0.1) is 10.9 Å². The van der Waals surface area contributed by atoms with Gasteiger partial charge in [-0.1, -0.05) is 36.8 Å². The number of benzene rings is 2. The summed E-state index contributed by atoms with van der Waals surface area (Å²) >= 11 is 0. The lowest BCUT2D eigenvalue weighted by molar-refractivity contribution is 0.422. The second kappa shape index (κ2) is 7.86. The molecule has 2 aromatic carbocycles. The largest absolute Gasteiger partial charge is 0.378 e. The summed E-state index contributed by atoms with van der Waals surface area (Å²) in [7, 11) is -3.52. The molecule has 0 amide bonds. The normalized spacial score (nSPS) is 23.6. The molecule has 4 nitrogen and oxygen atoms in total. The lowest BCUT2D eigenvalue weighted by Crippen LogP contribution is -2.33. The van der Waals surface area contributed by atoms with E-state index in [9.17, 15) is 8.42 Å². The van der Waals surface area contributed by atoms with Gasteiger partial charge < -0.3 is 5.32 Å². The van der Waals surface area contributed by atoms with Crippen LogP contribution in [0.15, 0.2) is 47.4 Å². The first-order valence-corrected chi connectivity index (χ1v) is 12.4. The SMILES string of the molecule is CCC(C)NS(=O)(=O)c1ccc2c(c1)C1C=CCC1C(c1c(C)cc(C)cc1C)N2. The standard InChI is InChI=1S/C25H32N2O2S/c1-6-18(5)27-30(28,29)19-10-11-23-22(14-19)20-8-7-9-21(20)25(26-23)24-16(3)12-15(2)13-17(24)4/h7-8,10-14,18,20-21,25-27H,6,9H2,1-5H3. The quantitative estimate of drug-likeness (QED) is 0.622. The molecule has 2 aromatic rings. The van der Waals surface area contributed by atoms with E-state index in [1.807, 2.05) is 26.0 Å². The Hall–Kier alpha value is -2.11. The highest BCUT2D eigenvalue weighted by Crippen LogP contribution is 2.51. The van der Waals surface area contributed by atoms with Crippen LogP contribution in [0.4, 0.5) is 5.69 Å². The van der Waals surface area contributed by atoms with Gasteiger partial charge in [0.25, 0.3) is 0 Å². The number of rotatable bonds is 5. The molecule has 2 N–H and O–H groups in total. The predicted octanol–water partition coefficient (Wildman–Crippen LogP) is 5.52. The minimum absolute atomic E-state index is 0.0832. The molecule has 1 aliphatic carbocycles. The van der Waals surface area contributed by atoms with Crippen molar-refractivity contribution in [2.24, 2.45) is 5.92 Å². The molecule has 0 fully saturated rings. The fourth-order valence-electron chi connectivity index (χ4n) is 5.12. The number of anilines is 1. The van der Waals surface area contributed by atoms with Crippen molar-refractivity contribution >= 4 is 15.7 Å². The van der Waals surface area contributed by atoms with E-state index >= 15 is 0 Å². The molecule has 0 aromatic heterocycles. The third kappa shape index (κ3) is 3.69. The fourth-order valence-corrected chi connectivity index (χ4v) is 6.49. The maximum absolute atomic E-state index is 12.8. The minimum Gasteiger partial charge on any atom is -0.378 e. The predicted molar refractivity (Wildman–Crippen MR) is 124 cm³/mol. The first-order valence-electron chi connectivity index (χ1n) is 10.9. The molecule has 1 aliphatic heterocycles. The summed E-state index contributed by atoms with van der Waals surface area (Å²) in [5, 5.41) is 3.76. The van der Waals surface area contributed by atoms with Crippen molar-refractivity contribution in [1.29, 1.82) is 0 Å². The van der Waals surface area contributed by atoms with Gasteiger partial charge in [-0.2, -0.15) is 0 Å². The molecule has 160 valence electrons. The Balaban J connectivity index is 1.75. The Bertz CT molecular complexity index is 1080. The van der Waals surface area contributed by atoms with E-state index in [0.717, 1.165) is 24.1 Å². The summed E-state index contributed by atoms with van der Waals surface area (Å²) in [4.78, 5) is 0.351. The van der Waals surface area contributed by atoms with Crippen LogP contribution in [0.3, 0.4) is 0 Å². The lowest BCUT2D eigenvalue weighted by atomic mass is 9.75. The summed E-state index contributed by atoms with van der Waals surface area (Å²) in [6, 6.07) is 10.2. The van der Waals surface area contributed by atoms with Gasteiger partial charge in [0.1, 0.15) is 0 Å². The Morgan fingerprint density at radius 1 is 1.13 bits per heavy atom. The Morgan fingerprint density at radius 3 is 2.50 bits per heavy atom. The highest BCUT2D eigenvalue weighted by atomic mass is 32.2. The van der Waals surface area contributed by atoms with Crippen LogP contribution in [0.5, 0.6) is 0 Å². The van der Waals surface area contributed by atoms with Gasteiger partial charge in [-0.3, -0.25) is 0 Å². The zero-order chi connectivity index (χ0) is 21.6. The van der Waals surface area contributed by atoms with Crippen LogP contribution < -0.4 is 10.0 Å². The molecular weight excluding hydrogens is 392 g/mol. The van der Waals surface area contributed by atoms with Gasteiger partial charge in [-0.25, -0.2) is 13.1 Å². The van der Waals surface area contributed by atoms with Crippen LogP contribution in [0.2, 0.25) is 0 Å². The van der Waals surface area contributed by atoms with Crippen LogP contribution in [0.1, 0.15) is 66.5 Å². The van der Waals surface area contributed by atoms with Crippen LogP contribution >= 0.6 is 0 Å². The molecule has 2 aliphatic rings. The summed E-state index contributed by atoms with van der Waals surface area (Å²) in [6.45, 7) is 10.4. The molecule has 0 spiro atoms. The van der Waals surface area contributed by atoms with Crippen molar-refractivity contribution in [3.8, 4) is 0 Å². The average molecular weight is 425 g/mol. The van der Waals surface area contributed by atoms with Crippen LogP contribution in [-0.4, -0.2) is 14.5 Å². The maximum Gasteiger partial charge on any atom is 0.240 e. The number of aryl methyl sites for hydroxylation is 3. The second-order valence-electron chi connectivity index (χ2n) is 8.97. The number of sulfonamides is 1. The van der Waals surface area contributed by atoms with Gasteiger partial charge in [-0.15, -0.1) is 0 Å². The third-order valence-corrected chi connectivity index (χ3v) is 8.25. The number of allylic oxidation sites excluding steroid dienone is 2. The Labute approximate surface area is 180 Å². The average Bonchev–Trinajstić information content (AvgIpc) is 3.16. The smallest absolute Gasteiger partial charge is 0.240 e. The van der Waals surface area contributed by atoms with Crippen LogP contribution in [-0.2, 0) is 10.0 Å². The number of hydrogen-bond acceptors (Lipinski definition) is 3. The summed E-state index contributed by atoms with van der Waals surface area (Å²) in [6.07, 6.45) is 6.26. The lowest BCUT2D eigenvalue weighted by Gasteiger charge is -2.39. The highest BCUT2D eigenvalue weighted by Gasteiger charge is 2.39. The van der Waals surface area contributed by atoms with E-state index < -0.39 is 10.0 Å². The second-order valence-corrected chi connectivity index (χ2v) is 10.7. The van der Waals surface area contributed by atoms with Crippen molar-refractivity contribution in [2.45, 2.75) is 70.4 Å². The van der Waals surface area contributed by atoms with E-state index in [4.69, 9.17) is 0 Å². The van der Waals surface area contributed by atoms with Crippen molar-refractivity contribution in [1.82, 2.24) is 4.72 Å². The zero-order valence-electron chi connectivity index (χ0n) is 18.5. The van der Waals surface area contributed by atoms with Crippen molar-refractivity contribution in [2.75, 3.05) is 5.32 Å². The molecular formula is C25H32N2O2S. The molecule has 4 atom stereocenters. The van der Waals surface area contributed by atoms with E-state index in [1.54, 1.807) is 6.07 Å². The number of nitrogens with one attached hydrogen (secondary N) is 2. The Morgan fingerprint density at radius 2 is 1.83 bits per heavy atom. The zero-order valence-corrected chi connectivity index (χ0v) is 19.3. The Kier molecular flexibility index (Phi) is 5.54. The molecule has 4 unspecified atom stereocenters. The molecule has 0 radical (unpaired) electrons. The first-order chi connectivity index (χ1) is 14.2. The molecule has 4 rings (SSSR count).